The van der Waals surface area contributed by atoms with Crippen LogP contribution in [0.15, 0.2) is 35.0 Å². The molecule has 0 spiro atoms. The molecule has 0 saturated heterocycles. The summed E-state index contributed by atoms with van der Waals surface area (Å²) in [6.45, 7) is 3.22. The van der Waals surface area contributed by atoms with Gasteiger partial charge in [-0.15, -0.1) is 0 Å². The number of carbonyl (C=O) groups excluding carboxylic acids is 2. The van der Waals surface area contributed by atoms with Crippen molar-refractivity contribution in [1.82, 2.24) is 0 Å². The second-order valence-electron chi connectivity index (χ2n) is 5.94. The summed E-state index contributed by atoms with van der Waals surface area (Å²) in [5, 5.41) is -0.101. The minimum Gasteiger partial charge on any atom is -0.490 e. The van der Waals surface area contributed by atoms with E-state index in [1.165, 1.54) is 25.1 Å². The van der Waals surface area contributed by atoms with Crippen LogP contribution in [0.1, 0.15) is 25.0 Å². The lowest BCUT2D eigenvalue weighted by molar-refractivity contribution is -0.132. The van der Waals surface area contributed by atoms with E-state index >= 15 is 0 Å². The van der Waals surface area contributed by atoms with E-state index in [-0.39, 0.29) is 45.3 Å². The van der Waals surface area contributed by atoms with Crippen molar-refractivity contribution in [2.45, 2.75) is 13.8 Å². The first-order valence-electron chi connectivity index (χ1n) is 8.51. The molecule has 0 saturated carbocycles. The first-order valence-corrected chi connectivity index (χ1v) is 9.27. The Morgan fingerprint density at radius 1 is 1.17 bits per heavy atom. The largest absolute Gasteiger partial charge is 0.490 e. The van der Waals surface area contributed by atoms with Gasteiger partial charge in [0.05, 0.1) is 22.2 Å². The zero-order chi connectivity index (χ0) is 22.0. The minimum atomic E-state index is -1.17. The maximum absolute atomic E-state index is 13.5. The van der Waals surface area contributed by atoms with Crippen LogP contribution in [-0.2, 0) is 14.3 Å². The molecule has 0 atom stereocenters. The van der Waals surface area contributed by atoms with E-state index in [0.717, 1.165) is 12.1 Å². The molecule has 10 heteroatoms. The molecule has 2 aromatic rings. The van der Waals surface area contributed by atoms with Gasteiger partial charge >= 0.3 is 11.9 Å². The van der Waals surface area contributed by atoms with Crippen molar-refractivity contribution in [2.75, 3.05) is 6.61 Å². The normalized spacial score (nSPS) is 14.5. The Balaban J connectivity index is 2.01. The SMILES string of the molecule is CCOc1cc(/C=C2\N=C(c3cc(F)c(F)cc3Cl)OC2=O)cc(Cl)c1OC(C)=O. The van der Waals surface area contributed by atoms with Crippen LogP contribution in [0.3, 0.4) is 0 Å². The van der Waals surface area contributed by atoms with Crippen LogP contribution in [0.4, 0.5) is 8.78 Å². The fourth-order valence-electron chi connectivity index (χ4n) is 2.55. The van der Waals surface area contributed by atoms with Crippen LogP contribution >= 0.6 is 23.2 Å². The van der Waals surface area contributed by atoms with Crippen molar-refractivity contribution in [1.29, 1.82) is 0 Å². The number of carbonyl (C=O) groups is 2. The summed E-state index contributed by atoms with van der Waals surface area (Å²) in [5.41, 5.74) is 0.183. The zero-order valence-corrected chi connectivity index (χ0v) is 17.1. The van der Waals surface area contributed by atoms with Gasteiger partial charge in [0.1, 0.15) is 0 Å². The number of nitrogens with zero attached hydrogens (tertiary/aromatic N) is 1. The number of aliphatic imine (C=N–C) groups is 1. The highest BCUT2D eigenvalue weighted by Gasteiger charge is 2.27. The predicted octanol–water partition coefficient (Wildman–Crippen LogP) is 4.94. The third kappa shape index (κ3) is 4.60. The standard InChI is InChI=1S/C20H13Cl2F2NO5/c1-3-28-17-6-10(4-13(22)18(17)29-9(2)26)5-16-20(27)30-19(25-16)11-7-14(23)15(24)8-12(11)21/h4-8H,3H2,1-2H3/b16-5-. The lowest BCUT2D eigenvalue weighted by atomic mass is 10.1. The Morgan fingerprint density at radius 3 is 2.53 bits per heavy atom. The topological polar surface area (TPSA) is 74.2 Å². The van der Waals surface area contributed by atoms with Crippen LogP contribution in [-0.4, -0.2) is 24.4 Å². The molecule has 0 fully saturated rings. The van der Waals surface area contributed by atoms with E-state index in [4.69, 9.17) is 37.4 Å². The summed E-state index contributed by atoms with van der Waals surface area (Å²) < 4.78 is 42.3. The van der Waals surface area contributed by atoms with Crippen LogP contribution in [0.5, 0.6) is 11.5 Å². The molecule has 0 radical (unpaired) electrons. The van der Waals surface area contributed by atoms with Gasteiger partial charge in [0.25, 0.3) is 0 Å². The van der Waals surface area contributed by atoms with E-state index in [1.54, 1.807) is 6.92 Å². The highest BCUT2D eigenvalue weighted by Crippen LogP contribution is 2.38. The summed E-state index contributed by atoms with van der Waals surface area (Å²) in [6, 6.07) is 4.46. The van der Waals surface area contributed by atoms with Crippen LogP contribution in [0, 0.1) is 11.6 Å². The average Bonchev–Trinajstić information content (AvgIpc) is 3.01. The number of benzene rings is 2. The minimum absolute atomic E-state index is 0.0416. The van der Waals surface area contributed by atoms with Gasteiger partial charge in [-0.1, -0.05) is 23.2 Å². The molecule has 6 nitrogen and oxygen atoms in total. The smallest absolute Gasteiger partial charge is 0.363 e. The third-order valence-corrected chi connectivity index (χ3v) is 4.34. The maximum atomic E-state index is 13.5. The highest BCUT2D eigenvalue weighted by atomic mass is 35.5. The van der Waals surface area contributed by atoms with Crippen molar-refractivity contribution in [3.8, 4) is 11.5 Å². The second-order valence-corrected chi connectivity index (χ2v) is 6.75. The van der Waals surface area contributed by atoms with Gasteiger partial charge in [0.2, 0.25) is 5.90 Å². The Hall–Kier alpha value is -2.97. The van der Waals surface area contributed by atoms with E-state index in [2.05, 4.69) is 4.99 Å². The van der Waals surface area contributed by atoms with Crippen LogP contribution in [0.25, 0.3) is 6.08 Å². The zero-order valence-electron chi connectivity index (χ0n) is 15.6. The van der Waals surface area contributed by atoms with Gasteiger partial charge in [-0.3, -0.25) is 4.79 Å². The first-order chi connectivity index (χ1) is 14.2. The monoisotopic (exact) mass is 455 g/mol. The number of hydrogen-bond acceptors (Lipinski definition) is 6. The first kappa shape index (κ1) is 21.7. The molecule has 1 heterocycles. The summed E-state index contributed by atoms with van der Waals surface area (Å²) >= 11 is 12.1. The summed E-state index contributed by atoms with van der Waals surface area (Å²) in [4.78, 5) is 27.5. The molecule has 0 aliphatic carbocycles. The second kappa shape index (κ2) is 8.81. The maximum Gasteiger partial charge on any atom is 0.363 e. The summed E-state index contributed by atoms with van der Waals surface area (Å²) in [7, 11) is 0. The van der Waals surface area contributed by atoms with Crippen LogP contribution < -0.4 is 9.47 Å². The molecule has 0 unspecified atom stereocenters. The molecule has 3 rings (SSSR count). The highest BCUT2D eigenvalue weighted by molar-refractivity contribution is 6.34. The van der Waals surface area contributed by atoms with E-state index in [0.29, 0.717) is 5.56 Å². The summed E-state index contributed by atoms with van der Waals surface area (Å²) in [5.74, 6) is -3.77. The van der Waals surface area contributed by atoms with Gasteiger partial charge < -0.3 is 14.2 Å². The van der Waals surface area contributed by atoms with E-state index < -0.39 is 23.6 Å². The summed E-state index contributed by atoms with van der Waals surface area (Å²) in [6.07, 6.45) is 1.34. The Labute approximate surface area is 179 Å². The van der Waals surface area contributed by atoms with E-state index in [9.17, 15) is 18.4 Å². The molecule has 0 N–H and O–H groups in total. The lowest BCUT2D eigenvalue weighted by Gasteiger charge is -2.12. The quantitative estimate of drug-likeness (QED) is 0.276. The molecular weight excluding hydrogens is 443 g/mol. The number of esters is 2. The lowest BCUT2D eigenvalue weighted by Crippen LogP contribution is -2.07. The molecule has 0 amide bonds. The number of ether oxygens (including phenoxy) is 3. The average molecular weight is 456 g/mol. The van der Waals surface area contributed by atoms with Crippen molar-refractivity contribution >= 4 is 47.1 Å². The van der Waals surface area contributed by atoms with Crippen molar-refractivity contribution in [3.63, 3.8) is 0 Å². The Kier molecular flexibility index (Phi) is 6.38. The molecule has 2 aromatic carbocycles. The third-order valence-electron chi connectivity index (χ3n) is 3.74. The molecule has 30 heavy (non-hydrogen) atoms. The van der Waals surface area contributed by atoms with Crippen molar-refractivity contribution in [3.05, 3.63) is 62.8 Å². The van der Waals surface area contributed by atoms with Gasteiger partial charge in [-0.25, -0.2) is 18.6 Å². The van der Waals surface area contributed by atoms with E-state index in [1.807, 2.05) is 0 Å². The number of cyclic esters (lactones) is 1. The number of rotatable bonds is 5. The number of hydrogen-bond donors (Lipinski definition) is 0. The fourth-order valence-corrected chi connectivity index (χ4v) is 3.03. The van der Waals surface area contributed by atoms with Crippen LogP contribution in [0.2, 0.25) is 10.0 Å². The number of halogens is 4. The fraction of sp³-hybridized carbons (Fsp3) is 0.150. The molecule has 1 aliphatic heterocycles. The van der Waals surface area contributed by atoms with Crippen molar-refractivity contribution in [2.24, 2.45) is 4.99 Å². The van der Waals surface area contributed by atoms with Gasteiger partial charge in [0, 0.05) is 6.92 Å². The molecule has 0 bridgehead atoms. The van der Waals surface area contributed by atoms with Crippen molar-refractivity contribution < 1.29 is 32.6 Å². The molecule has 0 aromatic heterocycles. The predicted molar refractivity (Wildman–Crippen MR) is 106 cm³/mol. The molecular formula is C20H13Cl2F2NO5. The Bertz CT molecular complexity index is 1110. The Morgan fingerprint density at radius 2 is 1.87 bits per heavy atom. The van der Waals surface area contributed by atoms with Gasteiger partial charge in [-0.2, -0.15) is 0 Å². The van der Waals surface area contributed by atoms with Gasteiger partial charge in [0.15, 0.2) is 28.8 Å². The molecule has 1 aliphatic rings. The van der Waals surface area contributed by atoms with Gasteiger partial charge in [-0.05, 0) is 42.8 Å². The molecule has 156 valence electrons.